The Balaban J connectivity index is 0. The first-order chi connectivity index (χ1) is 9.65. The van der Waals surface area contributed by atoms with Crippen LogP contribution in [0.1, 0.15) is 27.7 Å². The van der Waals surface area contributed by atoms with Crippen molar-refractivity contribution < 1.29 is 9.59 Å². The second-order valence-corrected chi connectivity index (χ2v) is 2.99. The van der Waals surface area contributed by atoms with Crippen LogP contribution in [0.25, 0.3) is 0 Å². The normalized spacial score (nSPS) is 7.90. The van der Waals surface area contributed by atoms with Crippen molar-refractivity contribution in [2.45, 2.75) is 27.7 Å². The highest BCUT2D eigenvalue weighted by atomic mass is 16.2. The highest BCUT2D eigenvalue weighted by Crippen LogP contribution is 2.13. The summed E-state index contributed by atoms with van der Waals surface area (Å²) in [7, 11) is 3.08. The summed E-state index contributed by atoms with van der Waals surface area (Å²) in [6.45, 7) is 8.00. The van der Waals surface area contributed by atoms with Crippen molar-refractivity contribution in [1.29, 1.82) is 0 Å². The maximum atomic E-state index is 11.0. The molecule has 0 aliphatic heterocycles. The molecular weight excluding hydrogens is 256 g/mol. The van der Waals surface area contributed by atoms with E-state index in [1.807, 2.05) is 27.7 Å². The van der Waals surface area contributed by atoms with Crippen LogP contribution in [0.5, 0.6) is 0 Å². The molecule has 1 aromatic rings. The van der Waals surface area contributed by atoms with E-state index in [0.717, 1.165) is 0 Å². The van der Waals surface area contributed by atoms with Crippen LogP contribution in [0.4, 0.5) is 21.0 Å². The van der Waals surface area contributed by atoms with Crippen molar-refractivity contribution in [1.82, 2.24) is 10.6 Å². The van der Waals surface area contributed by atoms with Crippen molar-refractivity contribution in [2.75, 3.05) is 24.7 Å². The first kappa shape index (κ1) is 20.1. The lowest BCUT2D eigenvalue weighted by Crippen LogP contribution is -2.25. The molecule has 4 N–H and O–H groups in total. The topological polar surface area (TPSA) is 82.3 Å². The van der Waals surface area contributed by atoms with Gasteiger partial charge in [-0.25, -0.2) is 9.59 Å². The highest BCUT2D eigenvalue weighted by molar-refractivity contribution is 5.91. The minimum atomic E-state index is -0.285. The Hall–Kier alpha value is -2.24. The number of hydrogen-bond donors (Lipinski definition) is 4. The molecule has 0 aliphatic rings. The number of anilines is 2. The van der Waals surface area contributed by atoms with Gasteiger partial charge in [0.2, 0.25) is 0 Å². The Kier molecular flexibility index (Phi) is 13.3. The fourth-order valence-electron chi connectivity index (χ4n) is 1.02. The molecule has 114 valence electrons. The molecule has 0 heterocycles. The lowest BCUT2D eigenvalue weighted by atomic mass is 10.3. The van der Waals surface area contributed by atoms with Crippen LogP contribution in [-0.4, -0.2) is 26.2 Å². The van der Waals surface area contributed by atoms with E-state index in [1.165, 1.54) is 14.1 Å². The summed E-state index contributed by atoms with van der Waals surface area (Å²) in [4.78, 5) is 22.0. The zero-order valence-corrected chi connectivity index (χ0v) is 13.1. The van der Waals surface area contributed by atoms with Crippen molar-refractivity contribution in [3.8, 4) is 0 Å². The fraction of sp³-hybridized carbons (Fsp3) is 0.429. The first-order valence-corrected chi connectivity index (χ1v) is 6.73. The maximum Gasteiger partial charge on any atom is 0.318 e. The third-order valence-electron chi connectivity index (χ3n) is 1.85. The summed E-state index contributed by atoms with van der Waals surface area (Å²) in [5.74, 6) is 0. The van der Waals surface area contributed by atoms with E-state index < -0.39 is 0 Å². The van der Waals surface area contributed by atoms with Gasteiger partial charge in [-0.1, -0.05) is 27.7 Å². The van der Waals surface area contributed by atoms with Crippen molar-refractivity contribution in [3.63, 3.8) is 0 Å². The lowest BCUT2D eigenvalue weighted by Gasteiger charge is -2.06. The number of rotatable bonds is 2. The van der Waals surface area contributed by atoms with Gasteiger partial charge in [0.15, 0.2) is 0 Å². The quantitative estimate of drug-likeness (QED) is 0.671. The Morgan fingerprint density at radius 3 is 1.15 bits per heavy atom. The SMILES string of the molecule is CC.CC.CNC(=O)Nc1ccc(NC(=O)NC)cc1. The molecule has 0 bridgehead atoms. The van der Waals surface area contributed by atoms with Crippen molar-refractivity contribution in [2.24, 2.45) is 0 Å². The van der Waals surface area contributed by atoms with E-state index in [1.54, 1.807) is 24.3 Å². The fourth-order valence-corrected chi connectivity index (χ4v) is 1.02. The maximum absolute atomic E-state index is 11.0. The van der Waals surface area contributed by atoms with Gasteiger partial charge in [-0.2, -0.15) is 0 Å². The molecule has 0 atom stereocenters. The van der Waals surface area contributed by atoms with Crippen LogP contribution in [0.3, 0.4) is 0 Å². The Morgan fingerprint density at radius 1 is 0.700 bits per heavy atom. The number of carbonyl (C=O) groups excluding carboxylic acids is 2. The third kappa shape index (κ3) is 8.79. The largest absolute Gasteiger partial charge is 0.341 e. The van der Waals surface area contributed by atoms with Gasteiger partial charge in [0.1, 0.15) is 0 Å². The molecule has 6 heteroatoms. The number of hydrogen-bond acceptors (Lipinski definition) is 2. The molecule has 1 rings (SSSR count). The van der Waals surface area contributed by atoms with Crippen molar-refractivity contribution in [3.05, 3.63) is 24.3 Å². The molecule has 0 aliphatic carbocycles. The highest BCUT2D eigenvalue weighted by Gasteiger charge is 2.00. The van der Waals surface area contributed by atoms with E-state index in [-0.39, 0.29) is 12.1 Å². The molecule has 0 saturated heterocycles. The minimum absolute atomic E-state index is 0.285. The average Bonchev–Trinajstić information content (AvgIpc) is 2.53. The summed E-state index contributed by atoms with van der Waals surface area (Å²) in [5, 5.41) is 10.1. The monoisotopic (exact) mass is 282 g/mol. The summed E-state index contributed by atoms with van der Waals surface area (Å²) in [5.41, 5.74) is 1.31. The van der Waals surface area contributed by atoms with Crippen LogP contribution < -0.4 is 21.3 Å². The second kappa shape index (κ2) is 13.2. The zero-order valence-electron chi connectivity index (χ0n) is 13.1. The van der Waals surface area contributed by atoms with Gasteiger partial charge < -0.3 is 21.3 Å². The van der Waals surface area contributed by atoms with Crippen LogP contribution in [0, 0.1) is 0 Å². The van der Waals surface area contributed by atoms with Crippen LogP contribution in [-0.2, 0) is 0 Å². The van der Waals surface area contributed by atoms with Gasteiger partial charge in [-0.15, -0.1) is 0 Å². The standard InChI is InChI=1S/C10H14N4O2.2C2H6/c1-11-9(15)13-7-3-5-8(6-4-7)14-10(16)12-2;2*1-2/h3-6H,1-2H3,(H2,11,13,15)(H2,12,14,16);2*1-2H3. The molecular formula is C14H26N4O2. The Morgan fingerprint density at radius 2 is 0.950 bits per heavy atom. The molecule has 0 aromatic heterocycles. The number of carbonyl (C=O) groups is 2. The predicted octanol–water partition coefficient (Wildman–Crippen LogP) is 3.24. The minimum Gasteiger partial charge on any atom is -0.341 e. The summed E-state index contributed by atoms with van der Waals surface area (Å²) < 4.78 is 0. The van der Waals surface area contributed by atoms with E-state index >= 15 is 0 Å². The molecule has 6 nitrogen and oxygen atoms in total. The molecule has 0 saturated carbocycles. The molecule has 20 heavy (non-hydrogen) atoms. The van der Waals surface area contributed by atoms with Gasteiger partial charge in [0.05, 0.1) is 0 Å². The van der Waals surface area contributed by atoms with E-state index in [9.17, 15) is 9.59 Å². The number of urea groups is 2. The van der Waals surface area contributed by atoms with Crippen molar-refractivity contribution >= 4 is 23.4 Å². The number of amides is 4. The van der Waals surface area contributed by atoms with Gasteiger partial charge >= 0.3 is 12.1 Å². The van der Waals surface area contributed by atoms with Gasteiger partial charge in [0.25, 0.3) is 0 Å². The summed E-state index contributed by atoms with van der Waals surface area (Å²) in [6, 6.07) is 6.21. The van der Waals surface area contributed by atoms with Crippen LogP contribution in [0.2, 0.25) is 0 Å². The number of benzene rings is 1. The molecule has 0 fully saturated rings. The first-order valence-electron chi connectivity index (χ1n) is 6.73. The van der Waals surface area contributed by atoms with E-state index in [2.05, 4.69) is 21.3 Å². The summed E-state index contributed by atoms with van der Waals surface area (Å²) in [6.07, 6.45) is 0. The molecule has 0 spiro atoms. The Labute approximate surface area is 121 Å². The van der Waals surface area contributed by atoms with Crippen LogP contribution >= 0.6 is 0 Å². The third-order valence-corrected chi connectivity index (χ3v) is 1.85. The van der Waals surface area contributed by atoms with E-state index in [4.69, 9.17) is 0 Å². The lowest BCUT2D eigenvalue weighted by molar-refractivity contribution is 0.253. The summed E-state index contributed by atoms with van der Waals surface area (Å²) >= 11 is 0. The second-order valence-electron chi connectivity index (χ2n) is 2.99. The molecule has 0 radical (unpaired) electrons. The Bertz CT molecular complexity index is 340. The van der Waals surface area contributed by atoms with Gasteiger partial charge in [-0.3, -0.25) is 0 Å². The predicted molar refractivity (Wildman–Crippen MR) is 85.3 cm³/mol. The van der Waals surface area contributed by atoms with Gasteiger partial charge in [0, 0.05) is 25.5 Å². The molecule has 4 amide bonds. The van der Waals surface area contributed by atoms with E-state index in [0.29, 0.717) is 11.4 Å². The molecule has 1 aromatic carbocycles. The smallest absolute Gasteiger partial charge is 0.318 e. The van der Waals surface area contributed by atoms with Gasteiger partial charge in [-0.05, 0) is 24.3 Å². The molecule has 0 unspecified atom stereocenters. The average molecular weight is 282 g/mol. The zero-order chi connectivity index (χ0) is 16.0. The number of nitrogens with one attached hydrogen (secondary N) is 4. The van der Waals surface area contributed by atoms with Crippen LogP contribution in [0.15, 0.2) is 24.3 Å².